The average molecular weight is 220 g/mol. The van der Waals surface area contributed by atoms with Crippen molar-refractivity contribution in [3.8, 4) is 5.75 Å². The van der Waals surface area contributed by atoms with Crippen LogP contribution >= 0.6 is 0 Å². The second-order valence-corrected chi connectivity index (χ2v) is 3.19. The number of ether oxygens (including phenoxy) is 1. The number of Topliss-reactive ketones (excluding diaryl/α,β-unsaturated/α-hetero) is 1. The Morgan fingerprint density at radius 2 is 2.44 bits per heavy atom. The summed E-state index contributed by atoms with van der Waals surface area (Å²) in [7, 11) is 0. The largest absolute Gasteiger partial charge is 0.492 e. The van der Waals surface area contributed by atoms with Gasteiger partial charge in [0.1, 0.15) is 5.75 Å². The number of ketones is 1. The second-order valence-electron chi connectivity index (χ2n) is 3.19. The summed E-state index contributed by atoms with van der Waals surface area (Å²) in [5.74, 6) is 0.618. The van der Waals surface area contributed by atoms with Crippen molar-refractivity contribution in [3.05, 3.63) is 36.7 Å². The zero-order valence-corrected chi connectivity index (χ0v) is 9.40. The number of rotatable bonds is 7. The van der Waals surface area contributed by atoms with Crippen LogP contribution in [0.2, 0.25) is 0 Å². The van der Waals surface area contributed by atoms with Crippen molar-refractivity contribution in [2.75, 3.05) is 19.7 Å². The van der Waals surface area contributed by atoms with Crippen LogP contribution in [-0.4, -0.2) is 30.5 Å². The Hall–Kier alpha value is -1.68. The number of carbonyl (C=O) groups is 1. The Kier molecular flexibility index (Phi) is 5.22. The van der Waals surface area contributed by atoms with E-state index in [0.717, 1.165) is 0 Å². The van der Waals surface area contributed by atoms with Crippen molar-refractivity contribution in [1.29, 1.82) is 0 Å². The molecule has 0 saturated heterocycles. The van der Waals surface area contributed by atoms with E-state index in [0.29, 0.717) is 24.5 Å². The summed E-state index contributed by atoms with van der Waals surface area (Å²) < 4.78 is 5.27. The highest BCUT2D eigenvalue weighted by Gasteiger charge is 2.06. The molecule has 1 heterocycles. The molecule has 4 nitrogen and oxygen atoms in total. The summed E-state index contributed by atoms with van der Waals surface area (Å²) >= 11 is 0. The van der Waals surface area contributed by atoms with Gasteiger partial charge in [-0.05, 0) is 13.0 Å². The SMILES string of the molecule is C=CCNCC(=O)c1cncc(OCC)c1. The van der Waals surface area contributed by atoms with Crippen LogP contribution in [0.15, 0.2) is 31.1 Å². The predicted molar refractivity (Wildman–Crippen MR) is 62.8 cm³/mol. The zero-order valence-electron chi connectivity index (χ0n) is 9.40. The van der Waals surface area contributed by atoms with Gasteiger partial charge in [0.2, 0.25) is 0 Å². The van der Waals surface area contributed by atoms with Gasteiger partial charge in [0.25, 0.3) is 0 Å². The van der Waals surface area contributed by atoms with Crippen molar-refractivity contribution < 1.29 is 9.53 Å². The summed E-state index contributed by atoms with van der Waals surface area (Å²) in [6.07, 6.45) is 4.85. The molecule has 0 amide bonds. The highest BCUT2D eigenvalue weighted by Crippen LogP contribution is 2.11. The number of carbonyl (C=O) groups excluding carboxylic acids is 1. The van der Waals surface area contributed by atoms with Gasteiger partial charge in [-0.15, -0.1) is 6.58 Å². The van der Waals surface area contributed by atoms with Gasteiger partial charge >= 0.3 is 0 Å². The standard InChI is InChI=1S/C12H16N2O2/c1-3-5-13-9-12(15)10-6-11(16-4-2)8-14-7-10/h3,6-8,13H,1,4-5,9H2,2H3. The van der Waals surface area contributed by atoms with E-state index >= 15 is 0 Å². The number of hydrogen-bond acceptors (Lipinski definition) is 4. The van der Waals surface area contributed by atoms with Gasteiger partial charge < -0.3 is 10.1 Å². The molecule has 0 aromatic carbocycles. The van der Waals surface area contributed by atoms with Crippen LogP contribution in [0, 0.1) is 0 Å². The maximum atomic E-state index is 11.7. The van der Waals surface area contributed by atoms with Gasteiger partial charge in [0.05, 0.1) is 19.3 Å². The lowest BCUT2D eigenvalue weighted by Crippen LogP contribution is -2.23. The van der Waals surface area contributed by atoms with Crippen molar-refractivity contribution in [3.63, 3.8) is 0 Å². The molecule has 16 heavy (non-hydrogen) atoms. The van der Waals surface area contributed by atoms with Gasteiger partial charge in [-0.25, -0.2) is 0 Å². The predicted octanol–water partition coefficient (Wildman–Crippen LogP) is 1.44. The molecule has 0 radical (unpaired) electrons. The first-order valence-corrected chi connectivity index (χ1v) is 5.20. The molecule has 0 fully saturated rings. The summed E-state index contributed by atoms with van der Waals surface area (Å²) in [6.45, 7) is 6.91. The molecule has 86 valence electrons. The van der Waals surface area contributed by atoms with Gasteiger partial charge in [0.15, 0.2) is 5.78 Å². The number of aromatic nitrogens is 1. The summed E-state index contributed by atoms with van der Waals surface area (Å²) in [5.41, 5.74) is 0.558. The minimum absolute atomic E-state index is 0.00379. The summed E-state index contributed by atoms with van der Waals surface area (Å²) in [5, 5.41) is 2.95. The van der Waals surface area contributed by atoms with Crippen LogP contribution in [0.25, 0.3) is 0 Å². The fourth-order valence-electron chi connectivity index (χ4n) is 1.21. The van der Waals surface area contributed by atoms with E-state index < -0.39 is 0 Å². The molecular weight excluding hydrogens is 204 g/mol. The van der Waals surface area contributed by atoms with Gasteiger partial charge in [0, 0.05) is 18.3 Å². The molecule has 4 heteroatoms. The molecule has 0 aliphatic carbocycles. The fraction of sp³-hybridized carbons (Fsp3) is 0.333. The van der Waals surface area contributed by atoms with E-state index in [1.54, 1.807) is 24.5 Å². The lowest BCUT2D eigenvalue weighted by Gasteiger charge is -2.05. The molecule has 0 aliphatic heterocycles. The average Bonchev–Trinajstić information content (AvgIpc) is 2.30. The Morgan fingerprint density at radius 3 is 3.12 bits per heavy atom. The van der Waals surface area contributed by atoms with Gasteiger partial charge in [-0.3, -0.25) is 9.78 Å². The third kappa shape index (κ3) is 3.82. The Morgan fingerprint density at radius 1 is 1.62 bits per heavy atom. The number of nitrogens with zero attached hydrogens (tertiary/aromatic N) is 1. The molecule has 0 aliphatic rings. The molecule has 1 aromatic rings. The number of pyridine rings is 1. The molecule has 1 N–H and O–H groups in total. The number of nitrogens with one attached hydrogen (secondary N) is 1. The highest BCUT2D eigenvalue weighted by atomic mass is 16.5. The second kappa shape index (κ2) is 6.74. The maximum absolute atomic E-state index is 11.7. The molecule has 1 rings (SSSR count). The summed E-state index contributed by atoms with van der Waals surface area (Å²) in [6, 6.07) is 1.70. The third-order valence-electron chi connectivity index (χ3n) is 1.92. The minimum Gasteiger partial charge on any atom is -0.492 e. The first kappa shape index (κ1) is 12.4. The topological polar surface area (TPSA) is 51.2 Å². The van der Waals surface area contributed by atoms with E-state index in [9.17, 15) is 4.79 Å². The van der Waals surface area contributed by atoms with Crippen LogP contribution < -0.4 is 10.1 Å². The molecule has 0 bridgehead atoms. The molecule has 0 spiro atoms. The quantitative estimate of drug-likeness (QED) is 0.429. The van der Waals surface area contributed by atoms with E-state index in [1.807, 2.05) is 6.92 Å². The van der Waals surface area contributed by atoms with Crippen LogP contribution in [0.1, 0.15) is 17.3 Å². The Bertz CT molecular complexity index is 364. The highest BCUT2D eigenvalue weighted by molar-refractivity contribution is 5.97. The third-order valence-corrected chi connectivity index (χ3v) is 1.92. The van der Waals surface area contributed by atoms with Crippen LogP contribution in [0.3, 0.4) is 0 Å². The van der Waals surface area contributed by atoms with Gasteiger partial charge in [-0.2, -0.15) is 0 Å². The maximum Gasteiger partial charge on any atom is 0.178 e. The Labute approximate surface area is 95.3 Å². The van der Waals surface area contributed by atoms with E-state index in [1.165, 1.54) is 0 Å². The van der Waals surface area contributed by atoms with Crippen molar-refractivity contribution >= 4 is 5.78 Å². The fourth-order valence-corrected chi connectivity index (χ4v) is 1.21. The molecule has 0 unspecified atom stereocenters. The molecular formula is C12H16N2O2. The van der Waals surface area contributed by atoms with Gasteiger partial charge in [-0.1, -0.05) is 6.08 Å². The first-order valence-electron chi connectivity index (χ1n) is 5.20. The number of hydrogen-bond donors (Lipinski definition) is 1. The van der Waals surface area contributed by atoms with Crippen LogP contribution in [-0.2, 0) is 0 Å². The minimum atomic E-state index is -0.00379. The van der Waals surface area contributed by atoms with E-state index in [2.05, 4.69) is 16.9 Å². The normalized spacial score (nSPS) is 9.81. The first-order chi connectivity index (χ1) is 7.77. The lowest BCUT2D eigenvalue weighted by molar-refractivity contribution is 0.0991. The van der Waals surface area contributed by atoms with Crippen molar-refractivity contribution in [1.82, 2.24) is 10.3 Å². The zero-order chi connectivity index (χ0) is 11.8. The van der Waals surface area contributed by atoms with Crippen LogP contribution in [0.4, 0.5) is 0 Å². The van der Waals surface area contributed by atoms with E-state index in [-0.39, 0.29) is 12.3 Å². The lowest BCUT2D eigenvalue weighted by atomic mass is 10.2. The van der Waals surface area contributed by atoms with E-state index in [4.69, 9.17) is 4.74 Å². The monoisotopic (exact) mass is 220 g/mol. The molecule has 1 aromatic heterocycles. The van der Waals surface area contributed by atoms with Crippen molar-refractivity contribution in [2.24, 2.45) is 0 Å². The summed E-state index contributed by atoms with van der Waals surface area (Å²) in [4.78, 5) is 15.6. The molecule has 0 atom stereocenters. The smallest absolute Gasteiger partial charge is 0.178 e. The van der Waals surface area contributed by atoms with Crippen molar-refractivity contribution in [2.45, 2.75) is 6.92 Å². The van der Waals surface area contributed by atoms with Crippen LogP contribution in [0.5, 0.6) is 5.75 Å². The molecule has 0 saturated carbocycles. The Balaban J connectivity index is 2.60.